The van der Waals surface area contributed by atoms with Crippen molar-refractivity contribution < 1.29 is 9.47 Å². The average Bonchev–Trinajstić information content (AvgIpc) is 2.87. The van der Waals surface area contributed by atoms with E-state index >= 15 is 0 Å². The lowest BCUT2D eigenvalue weighted by Crippen LogP contribution is -2.08. The molecule has 108 valence electrons. The van der Waals surface area contributed by atoms with Gasteiger partial charge in [-0.1, -0.05) is 0 Å². The van der Waals surface area contributed by atoms with E-state index in [1.165, 1.54) is 0 Å². The van der Waals surface area contributed by atoms with Crippen molar-refractivity contribution in [3.63, 3.8) is 0 Å². The monoisotopic (exact) mass is 293 g/mol. The van der Waals surface area contributed by atoms with Gasteiger partial charge in [0.1, 0.15) is 5.01 Å². The van der Waals surface area contributed by atoms with Gasteiger partial charge in [0.2, 0.25) is 0 Å². The second-order valence-corrected chi connectivity index (χ2v) is 5.38. The van der Waals surface area contributed by atoms with Crippen molar-refractivity contribution in [1.29, 1.82) is 0 Å². The fraction of sp³-hybridized carbons (Fsp3) is 0.357. The van der Waals surface area contributed by atoms with Crippen LogP contribution in [-0.2, 0) is 0 Å². The molecule has 0 saturated heterocycles. The maximum Gasteiger partial charge on any atom is 0.162 e. The van der Waals surface area contributed by atoms with Crippen molar-refractivity contribution in [2.24, 2.45) is 0 Å². The predicted octanol–water partition coefficient (Wildman–Crippen LogP) is 3.22. The molecule has 0 amide bonds. The summed E-state index contributed by atoms with van der Waals surface area (Å²) in [6, 6.07) is 3.67. The van der Waals surface area contributed by atoms with Crippen LogP contribution in [0.4, 0.5) is 11.4 Å². The first-order chi connectivity index (χ1) is 9.55. The fourth-order valence-corrected chi connectivity index (χ4v) is 2.69. The summed E-state index contributed by atoms with van der Waals surface area (Å²) < 4.78 is 10.5. The van der Waals surface area contributed by atoms with Crippen molar-refractivity contribution in [3.05, 3.63) is 28.2 Å². The number of benzene rings is 1. The van der Waals surface area contributed by atoms with Crippen molar-refractivity contribution in [1.82, 2.24) is 4.98 Å². The van der Waals surface area contributed by atoms with Gasteiger partial charge in [-0.25, -0.2) is 4.98 Å². The Morgan fingerprint density at radius 3 is 2.45 bits per heavy atom. The standard InChI is InChI=1S/C14H19N3O2S/c1-8-7-20-14(16-8)9(2)17-11-6-13(19-4)12(18-3)5-10(11)15/h5-7,9,17H,15H2,1-4H3. The smallest absolute Gasteiger partial charge is 0.162 e. The number of ether oxygens (including phenoxy) is 2. The van der Waals surface area contributed by atoms with Crippen molar-refractivity contribution in [2.45, 2.75) is 19.9 Å². The van der Waals surface area contributed by atoms with Gasteiger partial charge in [-0.15, -0.1) is 11.3 Å². The number of aryl methyl sites for hydroxylation is 1. The maximum absolute atomic E-state index is 6.04. The minimum Gasteiger partial charge on any atom is -0.493 e. The zero-order chi connectivity index (χ0) is 14.7. The molecule has 0 bridgehead atoms. The van der Waals surface area contributed by atoms with Gasteiger partial charge in [-0.2, -0.15) is 0 Å². The largest absolute Gasteiger partial charge is 0.493 e. The van der Waals surface area contributed by atoms with Crippen molar-refractivity contribution in [2.75, 3.05) is 25.3 Å². The molecule has 1 unspecified atom stereocenters. The molecule has 0 aliphatic heterocycles. The third-order valence-electron chi connectivity index (χ3n) is 2.93. The van der Waals surface area contributed by atoms with Crippen LogP contribution in [0.2, 0.25) is 0 Å². The molecule has 0 radical (unpaired) electrons. The van der Waals surface area contributed by atoms with Gasteiger partial charge in [0, 0.05) is 23.2 Å². The molecule has 1 aromatic carbocycles. The second kappa shape index (κ2) is 6.00. The van der Waals surface area contributed by atoms with Gasteiger partial charge >= 0.3 is 0 Å². The predicted molar refractivity (Wildman–Crippen MR) is 82.8 cm³/mol. The molecule has 5 nitrogen and oxygen atoms in total. The van der Waals surface area contributed by atoms with Crippen LogP contribution in [0.25, 0.3) is 0 Å². The van der Waals surface area contributed by atoms with Crippen LogP contribution in [0.1, 0.15) is 23.7 Å². The van der Waals surface area contributed by atoms with Crippen LogP contribution in [0.5, 0.6) is 11.5 Å². The summed E-state index contributed by atoms with van der Waals surface area (Å²) in [5, 5.41) is 6.41. The van der Waals surface area contributed by atoms with E-state index in [1.807, 2.05) is 18.4 Å². The van der Waals surface area contributed by atoms with E-state index in [2.05, 4.69) is 17.2 Å². The lowest BCUT2D eigenvalue weighted by Gasteiger charge is -2.17. The Labute approximate surface area is 122 Å². The molecule has 1 aromatic heterocycles. The number of hydrogen-bond donors (Lipinski definition) is 2. The molecule has 1 heterocycles. The zero-order valence-corrected chi connectivity index (χ0v) is 12.9. The summed E-state index contributed by atoms with van der Waals surface area (Å²) in [5.74, 6) is 1.26. The van der Waals surface area contributed by atoms with Crippen LogP contribution in [0.3, 0.4) is 0 Å². The Kier molecular flexibility index (Phi) is 4.34. The maximum atomic E-state index is 6.04. The van der Waals surface area contributed by atoms with Crippen molar-refractivity contribution >= 4 is 22.7 Å². The van der Waals surface area contributed by atoms with Gasteiger partial charge in [-0.05, 0) is 13.8 Å². The molecular weight excluding hydrogens is 274 g/mol. The first-order valence-corrected chi connectivity index (χ1v) is 7.13. The Morgan fingerprint density at radius 1 is 1.25 bits per heavy atom. The van der Waals surface area contributed by atoms with Gasteiger partial charge in [-0.3, -0.25) is 0 Å². The highest BCUT2D eigenvalue weighted by Crippen LogP contribution is 2.36. The number of nitrogen functional groups attached to an aromatic ring is 1. The number of rotatable bonds is 5. The van der Waals surface area contributed by atoms with E-state index in [4.69, 9.17) is 15.2 Å². The average molecular weight is 293 g/mol. The van der Waals surface area contributed by atoms with Gasteiger partial charge in [0.05, 0.1) is 31.6 Å². The normalized spacial score (nSPS) is 12.0. The second-order valence-electron chi connectivity index (χ2n) is 4.49. The molecule has 2 rings (SSSR count). The number of hydrogen-bond acceptors (Lipinski definition) is 6. The highest BCUT2D eigenvalue weighted by molar-refractivity contribution is 7.09. The number of anilines is 2. The number of nitrogens with one attached hydrogen (secondary N) is 1. The lowest BCUT2D eigenvalue weighted by molar-refractivity contribution is 0.355. The number of methoxy groups -OCH3 is 2. The first kappa shape index (κ1) is 14.5. The summed E-state index contributed by atoms with van der Waals surface area (Å²) in [6.07, 6.45) is 0. The molecule has 2 aromatic rings. The Morgan fingerprint density at radius 2 is 1.90 bits per heavy atom. The molecule has 1 atom stereocenters. The quantitative estimate of drug-likeness (QED) is 0.828. The minimum absolute atomic E-state index is 0.0779. The molecular formula is C14H19N3O2S. The minimum atomic E-state index is 0.0779. The van der Waals surface area contributed by atoms with E-state index < -0.39 is 0 Å². The Hall–Kier alpha value is -1.95. The molecule has 3 N–H and O–H groups in total. The van der Waals surface area contributed by atoms with E-state index in [9.17, 15) is 0 Å². The van der Waals surface area contributed by atoms with Crippen LogP contribution >= 0.6 is 11.3 Å². The van der Waals surface area contributed by atoms with Gasteiger partial charge < -0.3 is 20.5 Å². The highest BCUT2D eigenvalue weighted by Gasteiger charge is 2.14. The highest BCUT2D eigenvalue weighted by atomic mass is 32.1. The van der Waals surface area contributed by atoms with E-state index in [0.29, 0.717) is 17.2 Å². The van der Waals surface area contributed by atoms with Gasteiger partial charge in [0.15, 0.2) is 11.5 Å². The molecule has 0 saturated carbocycles. The summed E-state index contributed by atoms with van der Waals surface area (Å²) in [6.45, 7) is 4.03. The van der Waals surface area contributed by atoms with E-state index in [-0.39, 0.29) is 6.04 Å². The summed E-state index contributed by atoms with van der Waals surface area (Å²) >= 11 is 1.63. The SMILES string of the molecule is COc1cc(N)c(NC(C)c2nc(C)cs2)cc1OC. The van der Waals surface area contributed by atoms with Crippen LogP contribution in [0, 0.1) is 6.92 Å². The first-order valence-electron chi connectivity index (χ1n) is 6.25. The van der Waals surface area contributed by atoms with Crippen molar-refractivity contribution in [3.8, 4) is 11.5 Å². The zero-order valence-electron chi connectivity index (χ0n) is 12.1. The van der Waals surface area contributed by atoms with E-state index in [1.54, 1.807) is 31.6 Å². The van der Waals surface area contributed by atoms with E-state index in [0.717, 1.165) is 16.4 Å². The molecule has 6 heteroatoms. The third-order valence-corrected chi connectivity index (χ3v) is 4.08. The number of nitrogens with zero attached hydrogens (tertiary/aromatic N) is 1. The van der Waals surface area contributed by atoms with Gasteiger partial charge in [0.25, 0.3) is 0 Å². The molecule has 0 aliphatic rings. The molecule has 0 aliphatic carbocycles. The number of aromatic nitrogens is 1. The third kappa shape index (κ3) is 2.96. The summed E-state index contributed by atoms with van der Waals surface area (Å²) in [4.78, 5) is 4.47. The molecule has 0 fully saturated rings. The lowest BCUT2D eigenvalue weighted by atomic mass is 10.2. The fourth-order valence-electron chi connectivity index (χ4n) is 1.89. The summed E-state index contributed by atoms with van der Waals surface area (Å²) in [5.41, 5.74) is 8.49. The summed E-state index contributed by atoms with van der Waals surface area (Å²) in [7, 11) is 3.19. The Balaban J connectivity index is 2.24. The number of thiazole rings is 1. The Bertz CT molecular complexity index is 598. The van der Waals surface area contributed by atoms with Crippen LogP contribution in [0.15, 0.2) is 17.5 Å². The number of nitrogens with two attached hydrogens (primary N) is 1. The van der Waals surface area contributed by atoms with Crippen LogP contribution in [-0.4, -0.2) is 19.2 Å². The molecule has 0 spiro atoms. The van der Waals surface area contributed by atoms with Crippen LogP contribution < -0.4 is 20.5 Å². The molecule has 20 heavy (non-hydrogen) atoms. The topological polar surface area (TPSA) is 69.4 Å².